The number of halogens is 3. The first-order valence-corrected chi connectivity index (χ1v) is 8.16. The number of anilines is 1. The van der Waals surface area contributed by atoms with Gasteiger partial charge >= 0.3 is 0 Å². The van der Waals surface area contributed by atoms with Gasteiger partial charge in [-0.15, -0.1) is 0 Å². The molecule has 2 aromatic rings. The Morgan fingerprint density at radius 1 is 1.14 bits per heavy atom. The molecule has 0 radical (unpaired) electrons. The number of hydrogen-bond donors (Lipinski definition) is 1. The highest BCUT2D eigenvalue weighted by molar-refractivity contribution is 9.10. The summed E-state index contributed by atoms with van der Waals surface area (Å²) >= 11 is 4.04. The Balaban J connectivity index is 1.65. The van der Waals surface area contributed by atoms with E-state index < -0.39 is 5.76 Å². The fourth-order valence-electron chi connectivity index (χ4n) is 2.05. The molecule has 22 heavy (non-hydrogen) atoms. The summed E-state index contributed by atoms with van der Waals surface area (Å²) < 4.78 is 36.1. The van der Waals surface area contributed by atoms with Crippen LogP contribution in [0.5, 0.6) is 11.5 Å². The summed E-state index contributed by atoms with van der Waals surface area (Å²) in [6.07, 6.45) is 0. The summed E-state index contributed by atoms with van der Waals surface area (Å²) in [5.41, 5.74) is 1.89. The Bertz CT molecular complexity index is 667. The van der Waals surface area contributed by atoms with Crippen molar-refractivity contribution in [2.45, 2.75) is 17.2 Å². The molecule has 1 aliphatic heterocycles. The molecule has 0 fully saturated rings. The monoisotopic (exact) mass is 387 g/mol. The van der Waals surface area contributed by atoms with Crippen molar-refractivity contribution in [3.63, 3.8) is 0 Å². The lowest BCUT2D eigenvalue weighted by Crippen LogP contribution is -2.00. The molecule has 0 aliphatic carbocycles. The van der Waals surface area contributed by atoms with E-state index in [2.05, 4.69) is 21.2 Å². The first kappa shape index (κ1) is 15.4. The highest BCUT2D eigenvalue weighted by Crippen LogP contribution is 2.37. The maximum Gasteiger partial charge on any atom is 0.288 e. The van der Waals surface area contributed by atoms with E-state index in [-0.39, 0.29) is 6.79 Å². The van der Waals surface area contributed by atoms with Gasteiger partial charge in [0.25, 0.3) is 5.76 Å². The van der Waals surface area contributed by atoms with Crippen LogP contribution in [-0.2, 0) is 6.54 Å². The van der Waals surface area contributed by atoms with Crippen LogP contribution < -0.4 is 14.8 Å². The lowest BCUT2D eigenvalue weighted by atomic mass is 10.2. The zero-order valence-electron chi connectivity index (χ0n) is 11.3. The van der Waals surface area contributed by atoms with Crippen LogP contribution in [0.4, 0.5) is 14.5 Å². The van der Waals surface area contributed by atoms with E-state index in [1.807, 2.05) is 12.1 Å². The van der Waals surface area contributed by atoms with E-state index in [4.69, 9.17) is 9.47 Å². The van der Waals surface area contributed by atoms with Crippen LogP contribution in [0.1, 0.15) is 5.56 Å². The molecule has 0 atom stereocenters. The molecule has 7 heteroatoms. The fraction of sp³-hybridized carbons (Fsp3) is 0.200. The van der Waals surface area contributed by atoms with Gasteiger partial charge < -0.3 is 14.8 Å². The molecule has 1 aliphatic rings. The number of nitrogens with one attached hydrogen (secondary N) is 1. The van der Waals surface area contributed by atoms with E-state index >= 15 is 0 Å². The van der Waals surface area contributed by atoms with Gasteiger partial charge in [-0.05, 0) is 42.0 Å². The average Bonchev–Trinajstić information content (AvgIpc) is 2.92. The molecular formula is C15H12BrF2NO2S. The predicted octanol–water partition coefficient (Wildman–Crippen LogP) is 5.10. The topological polar surface area (TPSA) is 30.5 Å². The van der Waals surface area contributed by atoms with Crippen LogP contribution in [0.25, 0.3) is 0 Å². The predicted molar refractivity (Wildman–Crippen MR) is 85.9 cm³/mol. The number of ether oxygens (including phenoxy) is 2. The smallest absolute Gasteiger partial charge is 0.288 e. The minimum absolute atomic E-state index is 0.238. The molecule has 0 bridgehead atoms. The van der Waals surface area contributed by atoms with Crippen LogP contribution in [0.3, 0.4) is 0 Å². The summed E-state index contributed by atoms with van der Waals surface area (Å²) in [7, 11) is 0. The third-order valence-electron chi connectivity index (χ3n) is 3.10. The molecular weight excluding hydrogens is 376 g/mol. The molecule has 0 spiro atoms. The second-order valence-corrected chi connectivity index (χ2v) is 6.47. The lowest BCUT2D eigenvalue weighted by molar-refractivity contribution is 0.174. The standard InChI is InChI=1S/C15H12BrF2NO2S/c16-12-6-14-13(20-8-21-14)5-9(12)7-19-10-1-3-11(4-2-10)22-15(17)18/h1-6,15,19H,7-8H2. The van der Waals surface area contributed by atoms with Crippen LogP contribution in [0.2, 0.25) is 0 Å². The Kier molecular flexibility index (Phi) is 4.73. The van der Waals surface area contributed by atoms with Gasteiger partial charge in [0.05, 0.1) is 0 Å². The van der Waals surface area contributed by atoms with Crippen molar-refractivity contribution in [3.05, 3.63) is 46.4 Å². The van der Waals surface area contributed by atoms with Gasteiger partial charge in [-0.3, -0.25) is 0 Å². The van der Waals surface area contributed by atoms with E-state index in [0.717, 1.165) is 27.2 Å². The van der Waals surface area contributed by atoms with Crippen LogP contribution >= 0.6 is 27.7 Å². The van der Waals surface area contributed by atoms with Crippen molar-refractivity contribution >= 4 is 33.4 Å². The van der Waals surface area contributed by atoms with Crippen LogP contribution in [0, 0.1) is 0 Å². The summed E-state index contributed by atoms with van der Waals surface area (Å²) in [4.78, 5) is 0.546. The van der Waals surface area contributed by atoms with E-state index in [1.165, 1.54) is 0 Å². The van der Waals surface area contributed by atoms with Gasteiger partial charge in [-0.25, -0.2) is 0 Å². The molecule has 116 valence electrons. The van der Waals surface area contributed by atoms with Crippen LogP contribution in [0.15, 0.2) is 45.8 Å². The van der Waals surface area contributed by atoms with Gasteiger partial charge in [0.15, 0.2) is 11.5 Å². The third kappa shape index (κ3) is 3.64. The number of fused-ring (bicyclic) bond motifs is 1. The maximum absolute atomic E-state index is 12.3. The fourth-order valence-corrected chi connectivity index (χ4v) is 3.01. The van der Waals surface area contributed by atoms with Gasteiger partial charge in [-0.2, -0.15) is 8.78 Å². The molecule has 3 nitrogen and oxygen atoms in total. The van der Waals surface area contributed by atoms with Crippen LogP contribution in [-0.4, -0.2) is 12.6 Å². The minimum atomic E-state index is -2.40. The van der Waals surface area contributed by atoms with Crippen molar-refractivity contribution < 1.29 is 18.3 Å². The van der Waals surface area contributed by atoms with Gasteiger partial charge in [-0.1, -0.05) is 27.7 Å². The van der Waals surface area contributed by atoms with Crippen molar-refractivity contribution in [1.82, 2.24) is 0 Å². The Morgan fingerprint density at radius 3 is 2.50 bits per heavy atom. The third-order valence-corrected chi connectivity index (χ3v) is 4.56. The Morgan fingerprint density at radius 2 is 1.82 bits per heavy atom. The molecule has 2 aromatic carbocycles. The summed E-state index contributed by atoms with van der Waals surface area (Å²) in [5, 5.41) is 3.25. The second kappa shape index (κ2) is 6.75. The average molecular weight is 388 g/mol. The summed E-state index contributed by atoms with van der Waals surface area (Å²) in [5.74, 6) is -0.948. The molecule has 0 aromatic heterocycles. The largest absolute Gasteiger partial charge is 0.454 e. The van der Waals surface area contributed by atoms with E-state index in [9.17, 15) is 8.78 Å². The van der Waals surface area contributed by atoms with Crippen molar-refractivity contribution in [3.8, 4) is 11.5 Å². The highest BCUT2D eigenvalue weighted by atomic mass is 79.9. The Hall–Kier alpha value is -1.47. The zero-order valence-corrected chi connectivity index (χ0v) is 13.7. The second-order valence-electron chi connectivity index (χ2n) is 4.55. The van der Waals surface area contributed by atoms with Gasteiger partial charge in [0, 0.05) is 21.6 Å². The first-order valence-electron chi connectivity index (χ1n) is 6.48. The molecule has 0 unspecified atom stereocenters. The van der Waals surface area contributed by atoms with Crippen molar-refractivity contribution in [2.24, 2.45) is 0 Å². The highest BCUT2D eigenvalue weighted by Gasteiger charge is 2.16. The number of rotatable bonds is 5. The minimum Gasteiger partial charge on any atom is -0.454 e. The van der Waals surface area contributed by atoms with Gasteiger partial charge in [0.1, 0.15) is 0 Å². The molecule has 0 amide bonds. The van der Waals surface area contributed by atoms with Crippen molar-refractivity contribution in [2.75, 3.05) is 12.1 Å². The molecule has 3 rings (SSSR count). The molecule has 0 saturated heterocycles. The number of benzene rings is 2. The quantitative estimate of drug-likeness (QED) is 0.722. The maximum atomic E-state index is 12.3. The lowest BCUT2D eigenvalue weighted by Gasteiger charge is -2.10. The SMILES string of the molecule is FC(F)Sc1ccc(NCc2cc3c(cc2Br)OCO3)cc1. The first-order chi connectivity index (χ1) is 10.6. The normalized spacial score (nSPS) is 12.7. The Labute approximate surface area is 139 Å². The number of hydrogen-bond acceptors (Lipinski definition) is 4. The molecule has 1 heterocycles. The summed E-state index contributed by atoms with van der Waals surface area (Å²) in [6.45, 7) is 0.820. The molecule has 1 N–H and O–H groups in total. The van der Waals surface area contributed by atoms with Crippen molar-refractivity contribution in [1.29, 1.82) is 0 Å². The molecule has 0 saturated carbocycles. The number of alkyl halides is 2. The number of thioether (sulfide) groups is 1. The van der Waals surface area contributed by atoms with Gasteiger partial charge in [0.2, 0.25) is 6.79 Å². The van der Waals surface area contributed by atoms with E-state index in [1.54, 1.807) is 24.3 Å². The zero-order chi connectivity index (χ0) is 15.5. The van der Waals surface area contributed by atoms with E-state index in [0.29, 0.717) is 23.2 Å². The summed E-state index contributed by atoms with van der Waals surface area (Å²) in [6, 6.07) is 10.7.